The average Bonchev–Trinajstić information content (AvgIpc) is 3.34. The lowest BCUT2D eigenvalue weighted by molar-refractivity contribution is -0.140. The number of alkyl halides is 1. The number of carbonyl (C=O) groups excluding carboxylic acids is 1. The average molecular weight is 615 g/mol. The molecule has 7 nitrogen and oxygen atoms in total. The fourth-order valence-corrected chi connectivity index (χ4v) is 6.67. The molecule has 3 aromatic rings. The van der Waals surface area contributed by atoms with E-state index < -0.39 is 23.3 Å². The quantitative estimate of drug-likeness (QED) is 0.204. The van der Waals surface area contributed by atoms with Crippen LogP contribution in [0, 0.1) is 11.6 Å². The molecule has 2 aromatic carbocycles. The number of H-pyrrole nitrogens is 1. The Hall–Kier alpha value is -3.08. The number of aromatic nitrogens is 1. The normalized spacial score (nSPS) is 20.2. The molecule has 1 aromatic heterocycles. The molecule has 1 fully saturated rings. The molecule has 0 spiro atoms. The number of nitrogens with zero attached hydrogens (tertiary/aromatic N) is 3. The topological polar surface area (TPSA) is 61.0 Å². The fourth-order valence-electron chi connectivity index (χ4n) is 6.67. The van der Waals surface area contributed by atoms with E-state index in [1.807, 2.05) is 36.1 Å². The maximum Gasteiger partial charge on any atom is 0.305 e. The first-order valence-electron chi connectivity index (χ1n) is 15.7. The van der Waals surface area contributed by atoms with Crippen LogP contribution in [0.25, 0.3) is 10.9 Å². The summed E-state index contributed by atoms with van der Waals surface area (Å²) in [5, 5.41) is 1.03. The second-order valence-electron chi connectivity index (χ2n) is 12.8. The molecular weight excluding hydrogens is 569 g/mol. The Morgan fingerprint density at radius 1 is 1.02 bits per heavy atom. The van der Waals surface area contributed by atoms with Gasteiger partial charge in [-0.15, -0.1) is 0 Å². The van der Waals surface area contributed by atoms with Crippen molar-refractivity contribution in [1.82, 2.24) is 19.7 Å². The van der Waals surface area contributed by atoms with Crippen molar-refractivity contribution >= 4 is 16.9 Å². The van der Waals surface area contributed by atoms with Gasteiger partial charge in [0, 0.05) is 86.0 Å². The Kier molecular flexibility index (Phi) is 10.2. The van der Waals surface area contributed by atoms with E-state index >= 15 is 13.2 Å². The number of fused-ring (bicyclic) bond motifs is 3. The number of carbonyl (C=O) groups is 1. The van der Waals surface area contributed by atoms with Crippen molar-refractivity contribution in [2.45, 2.75) is 64.2 Å². The molecule has 10 heteroatoms. The van der Waals surface area contributed by atoms with Gasteiger partial charge in [-0.2, -0.15) is 0 Å². The molecule has 1 N–H and O–H groups in total. The minimum atomic E-state index is -1.55. The molecule has 5 rings (SSSR count). The minimum Gasteiger partial charge on any atom is -0.493 e. The van der Waals surface area contributed by atoms with Gasteiger partial charge in [0.05, 0.1) is 19.8 Å². The second-order valence-corrected chi connectivity index (χ2v) is 12.8. The van der Waals surface area contributed by atoms with Crippen molar-refractivity contribution in [3.63, 3.8) is 0 Å². The van der Waals surface area contributed by atoms with Gasteiger partial charge < -0.3 is 24.3 Å². The van der Waals surface area contributed by atoms with Gasteiger partial charge >= 0.3 is 5.97 Å². The number of methoxy groups -OCH3 is 1. The van der Waals surface area contributed by atoms with E-state index in [1.165, 1.54) is 33.1 Å². The van der Waals surface area contributed by atoms with Crippen molar-refractivity contribution in [3.05, 3.63) is 64.9 Å². The predicted molar refractivity (Wildman–Crippen MR) is 166 cm³/mol. The minimum absolute atomic E-state index is 0.0342. The molecule has 240 valence electrons. The van der Waals surface area contributed by atoms with E-state index in [-0.39, 0.29) is 29.9 Å². The third-order valence-corrected chi connectivity index (χ3v) is 8.84. The van der Waals surface area contributed by atoms with E-state index in [0.717, 1.165) is 68.6 Å². The van der Waals surface area contributed by atoms with Gasteiger partial charge in [0.25, 0.3) is 0 Å². The van der Waals surface area contributed by atoms with E-state index in [0.29, 0.717) is 25.1 Å². The van der Waals surface area contributed by atoms with Crippen LogP contribution in [0.15, 0.2) is 36.4 Å². The van der Waals surface area contributed by atoms with Crippen LogP contribution in [0.3, 0.4) is 0 Å². The Morgan fingerprint density at radius 3 is 2.30 bits per heavy atom. The Morgan fingerprint density at radius 2 is 1.66 bits per heavy atom. The van der Waals surface area contributed by atoms with E-state index in [4.69, 9.17) is 9.47 Å². The van der Waals surface area contributed by atoms with Gasteiger partial charge in [-0.3, -0.25) is 9.69 Å². The zero-order chi connectivity index (χ0) is 31.4. The molecular formula is C34H45F3N4O3. The summed E-state index contributed by atoms with van der Waals surface area (Å²) in [6, 6.07) is 9.43. The molecule has 44 heavy (non-hydrogen) atoms. The zero-order valence-electron chi connectivity index (χ0n) is 26.3. The second kappa shape index (κ2) is 13.9. The van der Waals surface area contributed by atoms with Crippen LogP contribution in [0.4, 0.5) is 13.2 Å². The zero-order valence-corrected chi connectivity index (χ0v) is 26.3. The predicted octanol–water partition coefficient (Wildman–Crippen LogP) is 5.87. The first-order chi connectivity index (χ1) is 21.0. The number of rotatable bonds is 12. The number of aromatic amines is 1. The number of piperazine rings is 1. The third kappa shape index (κ3) is 7.58. The first kappa shape index (κ1) is 32.3. The molecule has 0 unspecified atom stereocenters. The highest BCUT2D eigenvalue weighted by atomic mass is 19.1. The van der Waals surface area contributed by atoms with Crippen LogP contribution < -0.4 is 4.74 Å². The highest BCUT2D eigenvalue weighted by Gasteiger charge is 2.41. The molecule has 2 aliphatic heterocycles. The van der Waals surface area contributed by atoms with Crippen LogP contribution in [0.5, 0.6) is 5.75 Å². The summed E-state index contributed by atoms with van der Waals surface area (Å²) in [4.78, 5) is 21.3. The Balaban J connectivity index is 1.23. The van der Waals surface area contributed by atoms with Crippen molar-refractivity contribution in [1.29, 1.82) is 0 Å². The summed E-state index contributed by atoms with van der Waals surface area (Å²) in [6.07, 6.45) is 2.61. The summed E-state index contributed by atoms with van der Waals surface area (Å²) in [6.45, 7) is 10.8. The number of nitrogens with one attached hydrogen (secondary N) is 1. The van der Waals surface area contributed by atoms with E-state index in [9.17, 15) is 4.79 Å². The molecule has 2 aliphatic rings. The van der Waals surface area contributed by atoms with E-state index in [2.05, 4.69) is 14.8 Å². The fraction of sp³-hybridized carbons (Fsp3) is 0.559. The molecule has 0 amide bonds. The maximum atomic E-state index is 15.9. The summed E-state index contributed by atoms with van der Waals surface area (Å²) in [5.74, 6) is -1.42. The number of hydrogen-bond acceptors (Lipinski definition) is 6. The Bertz CT molecular complexity index is 1410. The number of esters is 1. The molecule has 0 aliphatic carbocycles. The number of hydrogen-bond donors (Lipinski definition) is 1. The lowest BCUT2D eigenvalue weighted by atomic mass is 9.87. The van der Waals surface area contributed by atoms with Gasteiger partial charge in [0.2, 0.25) is 0 Å². The summed E-state index contributed by atoms with van der Waals surface area (Å²) < 4.78 is 57.3. The molecule has 2 atom stereocenters. The Labute approximate surface area is 258 Å². The largest absolute Gasteiger partial charge is 0.493 e. The van der Waals surface area contributed by atoms with Crippen molar-refractivity contribution < 1.29 is 27.4 Å². The summed E-state index contributed by atoms with van der Waals surface area (Å²) in [7, 11) is 1.41. The number of para-hydroxylation sites is 1. The van der Waals surface area contributed by atoms with Gasteiger partial charge in [0.15, 0.2) is 0 Å². The standard InChI is InChI=1S/C34H45F3N4O3/c1-23-19-26-25-9-5-6-10-29(25)38-32(26)33(41(23)22-34(2,3)37)31-27(35)20-24(21-28(31)36)44-18-8-13-40-16-14-39(15-17-40)12-7-11-30(42)43-4/h5-6,9-10,20-21,23,33,38H,7-8,11-19,22H2,1-4H3/t23-,33-/m1/s1. The van der Waals surface area contributed by atoms with Gasteiger partial charge in [-0.05, 0) is 58.2 Å². The van der Waals surface area contributed by atoms with E-state index in [1.54, 1.807) is 0 Å². The molecule has 0 saturated carbocycles. The summed E-state index contributed by atoms with van der Waals surface area (Å²) >= 11 is 0. The number of halogens is 3. The molecule has 0 bridgehead atoms. The van der Waals surface area contributed by atoms with Crippen LogP contribution in [0.1, 0.15) is 62.9 Å². The summed E-state index contributed by atoms with van der Waals surface area (Å²) in [5.41, 5.74) is 0.987. The monoisotopic (exact) mass is 614 g/mol. The molecule has 0 radical (unpaired) electrons. The van der Waals surface area contributed by atoms with Crippen LogP contribution in [-0.4, -0.2) is 96.9 Å². The van der Waals surface area contributed by atoms with Crippen molar-refractivity contribution in [3.8, 4) is 5.75 Å². The van der Waals surface area contributed by atoms with Gasteiger partial charge in [0.1, 0.15) is 23.1 Å². The number of ether oxygens (including phenoxy) is 2. The van der Waals surface area contributed by atoms with Crippen LogP contribution in [-0.2, 0) is 16.0 Å². The molecule has 3 heterocycles. The van der Waals surface area contributed by atoms with Crippen LogP contribution in [0.2, 0.25) is 0 Å². The SMILES string of the molecule is COC(=O)CCCN1CCN(CCCOc2cc(F)c([C@@H]3c4[nH]c5ccccc5c4C[C@@H](C)N3CC(C)(C)F)c(F)c2)CC1. The van der Waals surface area contributed by atoms with Gasteiger partial charge in [-0.1, -0.05) is 18.2 Å². The smallest absolute Gasteiger partial charge is 0.305 e. The van der Waals surface area contributed by atoms with Crippen molar-refractivity contribution in [2.75, 3.05) is 59.5 Å². The van der Waals surface area contributed by atoms with Crippen LogP contribution >= 0.6 is 0 Å². The first-order valence-corrected chi connectivity index (χ1v) is 15.7. The molecule has 1 saturated heterocycles. The van der Waals surface area contributed by atoms with Crippen molar-refractivity contribution in [2.24, 2.45) is 0 Å². The lowest BCUT2D eigenvalue weighted by Gasteiger charge is -2.43. The highest BCUT2D eigenvalue weighted by molar-refractivity contribution is 5.85. The highest BCUT2D eigenvalue weighted by Crippen LogP contribution is 2.43. The lowest BCUT2D eigenvalue weighted by Crippen LogP contribution is -2.48. The maximum absolute atomic E-state index is 15.9. The third-order valence-electron chi connectivity index (χ3n) is 8.84. The van der Waals surface area contributed by atoms with Gasteiger partial charge in [-0.25, -0.2) is 13.2 Å². The number of benzene rings is 2.